The lowest BCUT2D eigenvalue weighted by Gasteiger charge is -2.06. The summed E-state index contributed by atoms with van der Waals surface area (Å²) in [6, 6.07) is 23.3. The highest BCUT2D eigenvalue weighted by Crippen LogP contribution is 2.27. The SMILES string of the molecule is O=c1ccoc2ccc(-c3ccc(-c4cc(=O)c5ccccc5o4)cc3)cc12. The molecule has 5 aromatic rings. The second-order valence-electron chi connectivity index (χ2n) is 6.54. The van der Waals surface area contributed by atoms with Crippen LogP contribution in [0.5, 0.6) is 0 Å². The van der Waals surface area contributed by atoms with Crippen molar-refractivity contribution in [1.82, 2.24) is 0 Å². The molecule has 0 aliphatic rings. The van der Waals surface area contributed by atoms with Gasteiger partial charge in [-0.25, -0.2) is 0 Å². The van der Waals surface area contributed by atoms with Crippen molar-refractivity contribution >= 4 is 21.9 Å². The third-order valence-corrected chi connectivity index (χ3v) is 4.80. The van der Waals surface area contributed by atoms with Crippen LogP contribution in [0.25, 0.3) is 44.4 Å². The molecule has 0 atom stereocenters. The minimum Gasteiger partial charge on any atom is -0.464 e. The Morgan fingerprint density at radius 1 is 0.571 bits per heavy atom. The van der Waals surface area contributed by atoms with Gasteiger partial charge in [0.1, 0.15) is 16.9 Å². The summed E-state index contributed by atoms with van der Waals surface area (Å²) in [6.45, 7) is 0. The van der Waals surface area contributed by atoms with E-state index in [1.54, 1.807) is 18.2 Å². The van der Waals surface area contributed by atoms with Gasteiger partial charge in [-0.05, 0) is 35.4 Å². The summed E-state index contributed by atoms with van der Waals surface area (Å²) in [4.78, 5) is 24.4. The maximum Gasteiger partial charge on any atom is 0.193 e. The van der Waals surface area contributed by atoms with Gasteiger partial charge in [-0.15, -0.1) is 0 Å². The summed E-state index contributed by atoms with van der Waals surface area (Å²) in [6.07, 6.45) is 1.40. The van der Waals surface area contributed by atoms with Crippen LogP contribution in [0.15, 0.2) is 104 Å². The van der Waals surface area contributed by atoms with Crippen LogP contribution in [0.3, 0.4) is 0 Å². The maximum atomic E-state index is 12.3. The fraction of sp³-hybridized carbons (Fsp3) is 0. The predicted molar refractivity (Wildman–Crippen MR) is 109 cm³/mol. The molecule has 0 fully saturated rings. The summed E-state index contributed by atoms with van der Waals surface area (Å²) >= 11 is 0. The molecule has 4 nitrogen and oxygen atoms in total. The largest absolute Gasteiger partial charge is 0.464 e. The van der Waals surface area contributed by atoms with E-state index in [9.17, 15) is 9.59 Å². The molecule has 0 bridgehead atoms. The molecule has 4 heteroatoms. The number of hydrogen-bond donors (Lipinski definition) is 0. The van der Waals surface area contributed by atoms with Gasteiger partial charge >= 0.3 is 0 Å². The normalized spacial score (nSPS) is 11.1. The van der Waals surface area contributed by atoms with Crippen molar-refractivity contribution in [3.63, 3.8) is 0 Å². The highest BCUT2D eigenvalue weighted by atomic mass is 16.3. The van der Waals surface area contributed by atoms with Gasteiger partial charge in [0.05, 0.1) is 17.0 Å². The average molecular weight is 366 g/mol. The van der Waals surface area contributed by atoms with Crippen molar-refractivity contribution in [3.05, 3.63) is 106 Å². The Morgan fingerprint density at radius 2 is 1.32 bits per heavy atom. The minimum atomic E-state index is -0.0716. The maximum absolute atomic E-state index is 12.3. The molecule has 0 aliphatic carbocycles. The van der Waals surface area contributed by atoms with E-state index in [-0.39, 0.29) is 10.9 Å². The number of para-hydroxylation sites is 1. The van der Waals surface area contributed by atoms with E-state index in [1.165, 1.54) is 18.4 Å². The van der Waals surface area contributed by atoms with E-state index < -0.39 is 0 Å². The first kappa shape index (κ1) is 16.3. The van der Waals surface area contributed by atoms with E-state index in [0.717, 1.165) is 16.7 Å². The van der Waals surface area contributed by atoms with Crippen molar-refractivity contribution in [2.75, 3.05) is 0 Å². The van der Waals surface area contributed by atoms with Crippen molar-refractivity contribution in [3.8, 4) is 22.5 Å². The van der Waals surface area contributed by atoms with E-state index >= 15 is 0 Å². The number of rotatable bonds is 2. The molecule has 0 radical (unpaired) electrons. The van der Waals surface area contributed by atoms with Crippen LogP contribution in [-0.4, -0.2) is 0 Å². The average Bonchev–Trinajstić information content (AvgIpc) is 2.74. The third-order valence-electron chi connectivity index (χ3n) is 4.80. The van der Waals surface area contributed by atoms with Gasteiger partial charge in [-0.3, -0.25) is 9.59 Å². The first-order chi connectivity index (χ1) is 13.7. The number of hydrogen-bond acceptors (Lipinski definition) is 4. The molecule has 2 aromatic heterocycles. The lowest BCUT2D eigenvalue weighted by atomic mass is 10.0. The molecule has 2 heterocycles. The minimum absolute atomic E-state index is 0.0674. The van der Waals surface area contributed by atoms with Crippen molar-refractivity contribution < 1.29 is 8.83 Å². The number of benzene rings is 3. The zero-order chi connectivity index (χ0) is 19.1. The van der Waals surface area contributed by atoms with Gasteiger partial charge in [0, 0.05) is 17.7 Å². The highest BCUT2D eigenvalue weighted by Gasteiger charge is 2.08. The topological polar surface area (TPSA) is 60.4 Å². The Labute approximate surface area is 159 Å². The van der Waals surface area contributed by atoms with Gasteiger partial charge < -0.3 is 8.83 Å². The summed E-state index contributed by atoms with van der Waals surface area (Å²) in [5, 5.41) is 1.11. The zero-order valence-electron chi connectivity index (χ0n) is 14.7. The summed E-state index contributed by atoms with van der Waals surface area (Å²) in [7, 11) is 0. The molecule has 5 rings (SSSR count). The van der Waals surface area contributed by atoms with Gasteiger partial charge in [0.2, 0.25) is 0 Å². The number of fused-ring (bicyclic) bond motifs is 2. The molecule has 0 N–H and O–H groups in total. The molecule has 0 saturated carbocycles. The molecule has 3 aromatic carbocycles. The standard InChI is InChI=1S/C24H14O4/c25-20-11-12-27-22-10-9-17(13-19(20)22)15-5-7-16(8-6-15)24-14-21(26)18-3-1-2-4-23(18)28-24/h1-14H. The molecular formula is C24H14O4. The van der Waals surface area contributed by atoms with Crippen LogP contribution in [0.1, 0.15) is 0 Å². The van der Waals surface area contributed by atoms with E-state index in [2.05, 4.69) is 0 Å². The molecule has 0 aliphatic heterocycles. The van der Waals surface area contributed by atoms with E-state index in [0.29, 0.717) is 27.7 Å². The first-order valence-electron chi connectivity index (χ1n) is 8.84. The molecule has 134 valence electrons. The first-order valence-corrected chi connectivity index (χ1v) is 8.84. The second kappa shape index (κ2) is 6.35. The zero-order valence-corrected chi connectivity index (χ0v) is 14.7. The summed E-state index contributed by atoms with van der Waals surface area (Å²) < 4.78 is 11.3. The molecule has 0 amide bonds. The predicted octanol–water partition coefficient (Wildman–Crippen LogP) is 5.23. The van der Waals surface area contributed by atoms with Crippen molar-refractivity contribution in [2.24, 2.45) is 0 Å². The van der Waals surface area contributed by atoms with Crippen LogP contribution in [-0.2, 0) is 0 Å². The fourth-order valence-corrected chi connectivity index (χ4v) is 3.34. The fourth-order valence-electron chi connectivity index (χ4n) is 3.34. The van der Waals surface area contributed by atoms with Crippen LogP contribution in [0, 0.1) is 0 Å². The summed E-state index contributed by atoms with van der Waals surface area (Å²) in [5.41, 5.74) is 3.67. The lowest BCUT2D eigenvalue weighted by Crippen LogP contribution is -1.99. The Morgan fingerprint density at radius 3 is 2.18 bits per heavy atom. The van der Waals surface area contributed by atoms with Crippen molar-refractivity contribution in [2.45, 2.75) is 0 Å². The quantitative estimate of drug-likeness (QED) is 0.429. The van der Waals surface area contributed by atoms with Crippen LogP contribution >= 0.6 is 0 Å². The van der Waals surface area contributed by atoms with Crippen LogP contribution < -0.4 is 10.9 Å². The van der Waals surface area contributed by atoms with Gasteiger partial charge in [-0.1, -0.05) is 42.5 Å². The van der Waals surface area contributed by atoms with Gasteiger partial charge in [0.25, 0.3) is 0 Å². The Kier molecular flexibility index (Phi) is 3.69. The van der Waals surface area contributed by atoms with E-state index in [1.807, 2.05) is 48.5 Å². The Hall–Kier alpha value is -3.92. The summed E-state index contributed by atoms with van der Waals surface area (Å²) in [5.74, 6) is 0.523. The monoisotopic (exact) mass is 366 g/mol. The highest BCUT2D eigenvalue weighted by molar-refractivity contribution is 5.83. The van der Waals surface area contributed by atoms with Crippen molar-refractivity contribution in [1.29, 1.82) is 0 Å². The molecular weight excluding hydrogens is 352 g/mol. The Bertz CT molecular complexity index is 1440. The second-order valence-corrected chi connectivity index (χ2v) is 6.54. The lowest BCUT2D eigenvalue weighted by molar-refractivity contribution is 0.602. The van der Waals surface area contributed by atoms with Crippen LogP contribution in [0.2, 0.25) is 0 Å². The Balaban J connectivity index is 1.57. The van der Waals surface area contributed by atoms with Gasteiger partial charge in [0.15, 0.2) is 10.9 Å². The van der Waals surface area contributed by atoms with Crippen LogP contribution in [0.4, 0.5) is 0 Å². The van der Waals surface area contributed by atoms with E-state index in [4.69, 9.17) is 8.83 Å². The molecule has 28 heavy (non-hydrogen) atoms. The third kappa shape index (κ3) is 2.72. The molecule has 0 spiro atoms. The smallest absolute Gasteiger partial charge is 0.193 e. The molecule has 0 saturated heterocycles. The molecule has 0 unspecified atom stereocenters. The van der Waals surface area contributed by atoms with Gasteiger partial charge in [-0.2, -0.15) is 0 Å².